The molecule has 3 nitrogen and oxygen atoms in total. The first-order chi connectivity index (χ1) is 9.55. The Bertz CT molecular complexity index is 424. The van der Waals surface area contributed by atoms with Crippen LogP contribution in [0.4, 0.5) is 0 Å². The van der Waals surface area contributed by atoms with Crippen LogP contribution in [0.1, 0.15) is 54.9 Å². The van der Waals surface area contributed by atoms with Gasteiger partial charge in [-0.2, -0.15) is 0 Å². The third-order valence-corrected chi connectivity index (χ3v) is 13.6. The van der Waals surface area contributed by atoms with Crippen LogP contribution in [0.15, 0.2) is 11.8 Å². The molecular formula is C17H36O3Si2. The van der Waals surface area contributed by atoms with Gasteiger partial charge < -0.3 is 8.85 Å². The second kappa shape index (κ2) is 6.91. The van der Waals surface area contributed by atoms with Crippen LogP contribution in [0.3, 0.4) is 0 Å². The predicted octanol–water partition coefficient (Wildman–Crippen LogP) is 5.85. The molecule has 0 atom stereocenters. The van der Waals surface area contributed by atoms with E-state index in [-0.39, 0.29) is 16.0 Å². The van der Waals surface area contributed by atoms with Crippen molar-refractivity contribution in [3.8, 4) is 0 Å². The van der Waals surface area contributed by atoms with Gasteiger partial charge in [0.1, 0.15) is 0 Å². The third kappa shape index (κ3) is 5.58. The van der Waals surface area contributed by atoms with Crippen LogP contribution in [0.2, 0.25) is 36.3 Å². The Morgan fingerprint density at radius 2 is 1.23 bits per heavy atom. The van der Waals surface area contributed by atoms with Crippen LogP contribution >= 0.6 is 0 Å². The van der Waals surface area contributed by atoms with Crippen molar-refractivity contribution in [2.75, 3.05) is 0 Å². The zero-order chi connectivity index (χ0) is 18.0. The number of rotatable bonds is 5. The summed E-state index contributed by atoms with van der Waals surface area (Å²) in [6.45, 7) is 23.4. The molecule has 130 valence electrons. The van der Waals surface area contributed by atoms with Gasteiger partial charge in [0, 0.05) is 0 Å². The van der Waals surface area contributed by atoms with Gasteiger partial charge in [-0.1, -0.05) is 48.5 Å². The minimum Gasteiger partial charge on any atom is -0.539 e. The molecular weight excluding hydrogens is 308 g/mol. The van der Waals surface area contributed by atoms with E-state index >= 15 is 0 Å². The first-order valence-corrected chi connectivity index (χ1v) is 14.0. The highest BCUT2D eigenvalue weighted by Crippen LogP contribution is 2.40. The Hall–Kier alpha value is -0.556. The maximum Gasteiger partial charge on any atom is 0.358 e. The van der Waals surface area contributed by atoms with Crippen molar-refractivity contribution in [3.63, 3.8) is 0 Å². The van der Waals surface area contributed by atoms with Crippen molar-refractivity contribution >= 4 is 22.6 Å². The number of carbonyl (C=O) groups is 1. The van der Waals surface area contributed by atoms with Crippen LogP contribution in [0.25, 0.3) is 0 Å². The molecule has 0 spiro atoms. The molecule has 0 amide bonds. The zero-order valence-electron chi connectivity index (χ0n) is 16.5. The van der Waals surface area contributed by atoms with Crippen LogP contribution in [-0.2, 0) is 13.6 Å². The molecule has 22 heavy (non-hydrogen) atoms. The van der Waals surface area contributed by atoms with Crippen LogP contribution in [0, 0.1) is 0 Å². The summed E-state index contributed by atoms with van der Waals surface area (Å²) in [6, 6.07) is 0. The molecule has 0 fully saturated rings. The van der Waals surface area contributed by atoms with E-state index in [4.69, 9.17) is 8.85 Å². The van der Waals surface area contributed by atoms with Crippen molar-refractivity contribution in [2.24, 2.45) is 0 Å². The third-order valence-electron chi connectivity index (χ3n) is 4.92. The lowest BCUT2D eigenvalue weighted by Crippen LogP contribution is -2.45. The Balaban J connectivity index is 5.31. The average Bonchev–Trinajstić information content (AvgIpc) is 2.24. The molecule has 0 aliphatic carbocycles. The largest absolute Gasteiger partial charge is 0.539 e. The summed E-state index contributed by atoms with van der Waals surface area (Å²) in [7, 11) is -4.18. The molecule has 0 aliphatic heterocycles. The summed E-state index contributed by atoms with van der Waals surface area (Å²) in [4.78, 5) is 12.6. The van der Waals surface area contributed by atoms with Crippen molar-refractivity contribution in [1.82, 2.24) is 0 Å². The van der Waals surface area contributed by atoms with Crippen molar-refractivity contribution in [3.05, 3.63) is 11.8 Å². The topological polar surface area (TPSA) is 35.5 Å². The molecule has 0 aromatic rings. The van der Waals surface area contributed by atoms with Gasteiger partial charge >= 0.3 is 5.97 Å². The quantitative estimate of drug-likeness (QED) is 0.356. The normalized spacial score (nSPS) is 14.8. The van der Waals surface area contributed by atoms with Crippen molar-refractivity contribution < 1.29 is 13.6 Å². The first-order valence-electron chi connectivity index (χ1n) is 8.17. The summed E-state index contributed by atoms with van der Waals surface area (Å²) in [5, 5.41) is 0.0496. The summed E-state index contributed by atoms with van der Waals surface area (Å²) < 4.78 is 12.1. The maximum absolute atomic E-state index is 12.6. The second-order valence-electron chi connectivity index (χ2n) is 8.99. The smallest absolute Gasteiger partial charge is 0.358 e. The fourth-order valence-corrected chi connectivity index (χ4v) is 3.11. The van der Waals surface area contributed by atoms with Crippen LogP contribution in [0.5, 0.6) is 0 Å². The molecule has 0 bridgehead atoms. The highest BCUT2D eigenvalue weighted by Gasteiger charge is 2.43. The highest BCUT2D eigenvalue weighted by molar-refractivity contribution is 6.76. The Kier molecular flexibility index (Phi) is 6.74. The van der Waals surface area contributed by atoms with Gasteiger partial charge in [0.05, 0.1) is 0 Å². The number of hydrogen-bond acceptors (Lipinski definition) is 3. The number of carbonyl (C=O) groups excluding carboxylic acids is 1. The van der Waals surface area contributed by atoms with Crippen molar-refractivity contribution in [2.45, 2.75) is 91.2 Å². The van der Waals surface area contributed by atoms with E-state index in [2.05, 4.69) is 67.7 Å². The Labute approximate surface area is 139 Å². The lowest BCUT2D eigenvalue weighted by Gasteiger charge is -2.39. The Morgan fingerprint density at radius 3 is 1.55 bits per heavy atom. The van der Waals surface area contributed by atoms with E-state index in [9.17, 15) is 4.79 Å². The van der Waals surface area contributed by atoms with Crippen LogP contribution < -0.4 is 0 Å². The zero-order valence-corrected chi connectivity index (χ0v) is 18.5. The standard InChI is InChI=1S/C17H36O3Si2/c1-12-13-14(19-21(8,9)16(2,3)4)15(18)20-22(10,11)17(5,6)7/h13H,12H2,1-11H3/b14-13-. The van der Waals surface area contributed by atoms with E-state index in [1.807, 2.05) is 13.0 Å². The molecule has 0 radical (unpaired) electrons. The predicted molar refractivity (Wildman–Crippen MR) is 99.9 cm³/mol. The molecule has 0 rings (SSSR count). The van der Waals surface area contributed by atoms with Gasteiger partial charge in [-0.15, -0.1) is 0 Å². The van der Waals surface area contributed by atoms with Crippen molar-refractivity contribution in [1.29, 1.82) is 0 Å². The fraction of sp³-hybridized carbons (Fsp3) is 0.824. The first kappa shape index (κ1) is 21.4. The van der Waals surface area contributed by atoms with E-state index < -0.39 is 16.6 Å². The van der Waals surface area contributed by atoms with Gasteiger partial charge in [-0.05, 0) is 48.8 Å². The molecule has 0 aliphatic rings. The highest BCUT2D eigenvalue weighted by atomic mass is 28.4. The molecule has 0 heterocycles. The minimum atomic E-state index is -2.14. The SMILES string of the molecule is CC/C=C(\O[Si](C)(C)C(C)(C)C)C(=O)O[Si](C)(C)C(C)(C)C. The fourth-order valence-electron chi connectivity index (χ4n) is 1.22. The van der Waals surface area contributed by atoms with E-state index in [0.29, 0.717) is 5.76 Å². The van der Waals surface area contributed by atoms with E-state index in [1.165, 1.54) is 0 Å². The molecule has 5 heteroatoms. The summed E-state index contributed by atoms with van der Waals surface area (Å²) in [6.07, 6.45) is 2.62. The lowest BCUT2D eigenvalue weighted by atomic mass is 10.2. The van der Waals surface area contributed by atoms with Gasteiger partial charge in [0.15, 0.2) is 5.76 Å². The number of allylic oxidation sites excluding steroid dienone is 1. The van der Waals surface area contributed by atoms with E-state index in [1.54, 1.807) is 0 Å². The van der Waals surface area contributed by atoms with Crippen LogP contribution in [-0.4, -0.2) is 22.6 Å². The summed E-state index contributed by atoms with van der Waals surface area (Å²) in [5.41, 5.74) is 0. The lowest BCUT2D eigenvalue weighted by molar-refractivity contribution is -0.133. The van der Waals surface area contributed by atoms with E-state index in [0.717, 1.165) is 6.42 Å². The summed E-state index contributed by atoms with van der Waals surface area (Å²) in [5.74, 6) is 0.109. The molecule has 0 saturated carbocycles. The second-order valence-corrected chi connectivity index (χ2v) is 18.4. The average molecular weight is 345 g/mol. The van der Waals surface area contributed by atoms with Gasteiger partial charge in [0.25, 0.3) is 16.6 Å². The maximum atomic E-state index is 12.6. The summed E-state index contributed by atoms with van der Waals surface area (Å²) >= 11 is 0. The minimum absolute atomic E-state index is 0.00302. The van der Waals surface area contributed by atoms with Gasteiger partial charge in [0.2, 0.25) is 0 Å². The molecule has 0 saturated heterocycles. The molecule has 0 N–H and O–H groups in total. The molecule has 0 aromatic heterocycles. The monoisotopic (exact) mass is 344 g/mol. The van der Waals surface area contributed by atoms with Gasteiger partial charge in [-0.3, -0.25) is 0 Å². The Morgan fingerprint density at radius 1 is 0.864 bits per heavy atom. The van der Waals surface area contributed by atoms with Gasteiger partial charge in [-0.25, -0.2) is 4.79 Å². The molecule has 0 unspecified atom stereocenters. The number of hydrogen-bond donors (Lipinski definition) is 0. The molecule has 0 aromatic carbocycles.